The Labute approximate surface area is 199 Å². The molecule has 11 heteroatoms. The van der Waals surface area contributed by atoms with Gasteiger partial charge in [0, 0.05) is 14.1 Å². The number of fused-ring (bicyclic) bond motifs is 3. The van der Waals surface area contributed by atoms with Crippen LogP contribution < -0.4 is 16.2 Å². The Bertz CT molecular complexity index is 1610. The zero-order valence-electron chi connectivity index (χ0n) is 19.2. The van der Waals surface area contributed by atoms with Crippen molar-refractivity contribution in [1.82, 2.24) is 34.1 Å². The summed E-state index contributed by atoms with van der Waals surface area (Å²) in [6.45, 7) is 4.01. The lowest BCUT2D eigenvalue weighted by atomic mass is 10.1. The molecule has 3 heterocycles. The molecule has 0 unspecified atom stereocenters. The Kier molecular flexibility index (Phi) is 5.40. The third kappa shape index (κ3) is 3.73. The van der Waals surface area contributed by atoms with Crippen LogP contribution in [0.3, 0.4) is 0 Å². The number of aryl methyl sites for hydroxylation is 2. The predicted octanol–water partition coefficient (Wildman–Crippen LogP) is 2.78. The van der Waals surface area contributed by atoms with Gasteiger partial charge in [0.15, 0.2) is 5.16 Å². The van der Waals surface area contributed by atoms with Crippen molar-refractivity contribution in [1.29, 1.82) is 0 Å². The van der Waals surface area contributed by atoms with Gasteiger partial charge in [0.1, 0.15) is 5.82 Å². The summed E-state index contributed by atoms with van der Waals surface area (Å²) in [6, 6.07) is 13.4. The Balaban J connectivity index is 1.67. The molecule has 5 aromatic rings. The van der Waals surface area contributed by atoms with E-state index in [0.29, 0.717) is 33.8 Å². The van der Waals surface area contributed by atoms with Crippen LogP contribution in [-0.2, 0) is 5.75 Å². The summed E-state index contributed by atoms with van der Waals surface area (Å²) in [7, 11) is 3.69. The second-order valence-electron chi connectivity index (χ2n) is 8.16. The van der Waals surface area contributed by atoms with E-state index in [1.807, 2.05) is 74.8 Å². The summed E-state index contributed by atoms with van der Waals surface area (Å²) < 4.78 is 3.53. The molecule has 0 fully saturated rings. The van der Waals surface area contributed by atoms with E-state index in [1.165, 1.54) is 11.8 Å². The Hall–Kier alpha value is -3.99. The normalized spacial score (nSPS) is 11.4. The van der Waals surface area contributed by atoms with Crippen LogP contribution in [0.2, 0.25) is 0 Å². The quantitative estimate of drug-likeness (QED) is 0.384. The highest BCUT2D eigenvalue weighted by molar-refractivity contribution is 7.98. The Morgan fingerprint density at radius 1 is 1.03 bits per heavy atom. The highest BCUT2D eigenvalue weighted by Gasteiger charge is 2.19. The standard InChI is InChI=1S/C23H23N9OS/c1-13-9-10-16(14(2)11-13)31-19(33)15-7-5-6-8-17(15)32-22(31)28-29-23(32)34-12-18-25-20(24)27-21(26-18)30(3)4/h5-11H,12H2,1-4H3,(H2,24,25,26,27). The lowest BCUT2D eigenvalue weighted by Crippen LogP contribution is -2.22. The lowest BCUT2D eigenvalue weighted by molar-refractivity contribution is 0.906. The molecule has 34 heavy (non-hydrogen) atoms. The zero-order chi connectivity index (χ0) is 24.0. The number of hydrogen-bond donors (Lipinski definition) is 1. The van der Waals surface area contributed by atoms with Crippen LogP contribution in [-0.4, -0.2) is 48.2 Å². The predicted molar refractivity (Wildman–Crippen MR) is 134 cm³/mol. The number of nitrogen functional groups attached to an aromatic ring is 1. The zero-order valence-corrected chi connectivity index (χ0v) is 20.0. The topological polar surface area (TPSA) is 120 Å². The molecular weight excluding hydrogens is 450 g/mol. The van der Waals surface area contributed by atoms with E-state index in [4.69, 9.17) is 5.73 Å². The van der Waals surface area contributed by atoms with Gasteiger partial charge >= 0.3 is 0 Å². The molecule has 0 spiro atoms. The van der Waals surface area contributed by atoms with Gasteiger partial charge in [-0.3, -0.25) is 9.20 Å². The first-order chi connectivity index (χ1) is 16.3. The SMILES string of the molecule is Cc1ccc(-n2c(=O)c3ccccc3n3c(SCc4nc(N)nc(N(C)C)n4)nnc23)c(C)c1. The minimum atomic E-state index is -0.139. The lowest BCUT2D eigenvalue weighted by Gasteiger charge is -2.14. The maximum Gasteiger partial charge on any atom is 0.267 e. The summed E-state index contributed by atoms with van der Waals surface area (Å²) in [5.74, 6) is 2.04. The molecular formula is C23H23N9OS. The maximum atomic E-state index is 13.5. The molecule has 5 rings (SSSR count). The van der Waals surface area contributed by atoms with E-state index in [9.17, 15) is 4.79 Å². The van der Waals surface area contributed by atoms with Crippen LogP contribution in [0.5, 0.6) is 0 Å². The van der Waals surface area contributed by atoms with Crippen molar-refractivity contribution in [3.8, 4) is 5.69 Å². The average Bonchev–Trinajstić information content (AvgIpc) is 3.22. The molecule has 0 saturated carbocycles. The third-order valence-corrected chi connectivity index (χ3v) is 6.33. The van der Waals surface area contributed by atoms with Crippen LogP contribution >= 0.6 is 11.8 Å². The van der Waals surface area contributed by atoms with Crippen molar-refractivity contribution in [3.63, 3.8) is 0 Å². The molecule has 2 N–H and O–H groups in total. The highest BCUT2D eigenvalue weighted by Crippen LogP contribution is 2.26. The monoisotopic (exact) mass is 473 g/mol. The van der Waals surface area contributed by atoms with Gasteiger partial charge in [0.2, 0.25) is 17.7 Å². The largest absolute Gasteiger partial charge is 0.368 e. The van der Waals surface area contributed by atoms with Crippen LogP contribution in [0.4, 0.5) is 11.9 Å². The van der Waals surface area contributed by atoms with Crippen molar-refractivity contribution in [2.75, 3.05) is 24.7 Å². The molecule has 0 aliphatic heterocycles. The average molecular weight is 474 g/mol. The first kappa shape index (κ1) is 21.8. The van der Waals surface area contributed by atoms with Gasteiger partial charge in [-0.2, -0.15) is 15.0 Å². The van der Waals surface area contributed by atoms with E-state index in [-0.39, 0.29) is 11.5 Å². The molecule has 0 aliphatic rings. The number of anilines is 2. The Morgan fingerprint density at radius 3 is 2.59 bits per heavy atom. The second-order valence-corrected chi connectivity index (χ2v) is 9.10. The smallest absolute Gasteiger partial charge is 0.267 e. The summed E-state index contributed by atoms with van der Waals surface area (Å²) in [5, 5.41) is 10.0. The molecule has 0 saturated heterocycles. The fraction of sp³-hybridized carbons (Fsp3) is 0.217. The number of thioether (sulfide) groups is 1. The van der Waals surface area contributed by atoms with Gasteiger partial charge in [0.05, 0.1) is 22.3 Å². The molecule has 10 nitrogen and oxygen atoms in total. The number of aromatic nitrogens is 7. The molecule has 0 aliphatic carbocycles. The number of benzene rings is 2. The number of para-hydroxylation sites is 1. The second kappa shape index (κ2) is 8.41. The van der Waals surface area contributed by atoms with Crippen LogP contribution in [0, 0.1) is 13.8 Å². The van der Waals surface area contributed by atoms with Gasteiger partial charge in [-0.05, 0) is 37.6 Å². The van der Waals surface area contributed by atoms with Crippen molar-refractivity contribution in [2.24, 2.45) is 0 Å². The fourth-order valence-electron chi connectivity index (χ4n) is 3.86. The van der Waals surface area contributed by atoms with Crippen molar-refractivity contribution >= 4 is 40.3 Å². The van der Waals surface area contributed by atoms with Crippen molar-refractivity contribution < 1.29 is 0 Å². The van der Waals surface area contributed by atoms with E-state index in [0.717, 1.165) is 22.3 Å². The van der Waals surface area contributed by atoms with Gasteiger partial charge in [-0.1, -0.05) is 41.6 Å². The molecule has 172 valence electrons. The molecule has 0 bridgehead atoms. The minimum Gasteiger partial charge on any atom is -0.368 e. The van der Waals surface area contributed by atoms with Gasteiger partial charge in [-0.25, -0.2) is 4.57 Å². The van der Waals surface area contributed by atoms with Crippen LogP contribution in [0.1, 0.15) is 17.0 Å². The minimum absolute atomic E-state index is 0.139. The fourth-order valence-corrected chi connectivity index (χ4v) is 4.66. The molecule has 2 aromatic carbocycles. The van der Waals surface area contributed by atoms with Gasteiger partial charge < -0.3 is 10.6 Å². The first-order valence-electron chi connectivity index (χ1n) is 10.6. The summed E-state index contributed by atoms with van der Waals surface area (Å²) in [6.07, 6.45) is 0. The number of nitrogens with two attached hydrogens (primary N) is 1. The van der Waals surface area contributed by atoms with Gasteiger partial charge in [-0.15, -0.1) is 10.2 Å². The van der Waals surface area contributed by atoms with Crippen molar-refractivity contribution in [2.45, 2.75) is 24.8 Å². The van der Waals surface area contributed by atoms with Crippen LogP contribution in [0.25, 0.3) is 22.4 Å². The van der Waals surface area contributed by atoms with E-state index < -0.39 is 0 Å². The van der Waals surface area contributed by atoms with Crippen molar-refractivity contribution in [3.05, 3.63) is 69.8 Å². The number of rotatable bonds is 5. The summed E-state index contributed by atoms with van der Waals surface area (Å²) in [4.78, 5) is 28.2. The van der Waals surface area contributed by atoms with E-state index >= 15 is 0 Å². The molecule has 0 radical (unpaired) electrons. The molecule has 0 amide bonds. The van der Waals surface area contributed by atoms with E-state index in [2.05, 4.69) is 25.1 Å². The number of hydrogen-bond acceptors (Lipinski definition) is 9. The number of nitrogens with zero attached hydrogens (tertiary/aromatic N) is 8. The molecule has 0 atom stereocenters. The highest BCUT2D eigenvalue weighted by atomic mass is 32.2. The first-order valence-corrected chi connectivity index (χ1v) is 11.6. The summed E-state index contributed by atoms with van der Waals surface area (Å²) >= 11 is 1.42. The summed E-state index contributed by atoms with van der Waals surface area (Å²) in [5.41, 5.74) is 9.34. The third-order valence-electron chi connectivity index (χ3n) is 5.41. The van der Waals surface area contributed by atoms with E-state index in [1.54, 1.807) is 9.47 Å². The Morgan fingerprint density at radius 2 is 1.82 bits per heavy atom. The van der Waals surface area contributed by atoms with Crippen LogP contribution in [0.15, 0.2) is 52.4 Å². The maximum absolute atomic E-state index is 13.5. The van der Waals surface area contributed by atoms with Gasteiger partial charge in [0.25, 0.3) is 5.56 Å². The molecule has 3 aromatic heterocycles.